The van der Waals surface area contributed by atoms with E-state index in [0.29, 0.717) is 5.75 Å². The fourth-order valence-electron chi connectivity index (χ4n) is 2.26. The van der Waals surface area contributed by atoms with E-state index in [0.717, 1.165) is 16.7 Å². The summed E-state index contributed by atoms with van der Waals surface area (Å²) in [7, 11) is 1.58. The number of ether oxygens (including phenoxy) is 2. The van der Waals surface area contributed by atoms with E-state index < -0.39 is 12.1 Å². The van der Waals surface area contributed by atoms with Crippen LogP contribution in [-0.4, -0.2) is 24.3 Å². The van der Waals surface area contributed by atoms with E-state index >= 15 is 0 Å². The Hall–Kier alpha value is -2.33. The molecule has 1 atom stereocenters. The number of rotatable bonds is 7. The van der Waals surface area contributed by atoms with Gasteiger partial charge in [0.05, 0.1) is 13.7 Å². The summed E-state index contributed by atoms with van der Waals surface area (Å²) in [6, 6.07) is 15.2. The van der Waals surface area contributed by atoms with E-state index in [2.05, 4.69) is 0 Å². The van der Waals surface area contributed by atoms with Gasteiger partial charge in [0, 0.05) is 6.42 Å². The van der Waals surface area contributed by atoms with Crippen molar-refractivity contribution >= 4 is 5.97 Å². The highest BCUT2D eigenvalue weighted by molar-refractivity contribution is 5.73. The third kappa shape index (κ3) is 4.33. The third-order valence-corrected chi connectivity index (χ3v) is 3.41. The van der Waals surface area contributed by atoms with Crippen LogP contribution in [0.1, 0.15) is 16.7 Å². The van der Waals surface area contributed by atoms with E-state index in [1.807, 2.05) is 55.5 Å². The van der Waals surface area contributed by atoms with Gasteiger partial charge in [-0.15, -0.1) is 0 Å². The van der Waals surface area contributed by atoms with Crippen molar-refractivity contribution in [2.45, 2.75) is 26.1 Å². The number of carboxylic acid groups (broad SMARTS) is 1. The zero-order valence-corrected chi connectivity index (χ0v) is 12.8. The molecule has 4 heteroatoms. The quantitative estimate of drug-likeness (QED) is 0.853. The van der Waals surface area contributed by atoms with Crippen LogP contribution in [-0.2, 0) is 22.6 Å². The summed E-state index contributed by atoms with van der Waals surface area (Å²) >= 11 is 0. The van der Waals surface area contributed by atoms with Crippen molar-refractivity contribution < 1.29 is 19.4 Å². The Morgan fingerprint density at radius 1 is 1.18 bits per heavy atom. The topological polar surface area (TPSA) is 55.8 Å². The van der Waals surface area contributed by atoms with Crippen LogP contribution in [0.4, 0.5) is 0 Å². The second-order valence-corrected chi connectivity index (χ2v) is 5.14. The Morgan fingerprint density at radius 2 is 1.91 bits per heavy atom. The zero-order valence-electron chi connectivity index (χ0n) is 12.8. The first-order valence-electron chi connectivity index (χ1n) is 7.12. The van der Waals surface area contributed by atoms with Crippen LogP contribution in [0.25, 0.3) is 0 Å². The Morgan fingerprint density at radius 3 is 2.55 bits per heavy atom. The predicted molar refractivity (Wildman–Crippen MR) is 84.1 cm³/mol. The molecule has 0 aliphatic heterocycles. The zero-order chi connectivity index (χ0) is 15.9. The molecular formula is C18H20O4. The summed E-state index contributed by atoms with van der Waals surface area (Å²) in [5.74, 6) is -0.292. The SMILES string of the molecule is COc1ccc(C)cc1C[C@H](OCc1ccccc1)C(=O)O. The molecule has 0 fully saturated rings. The van der Waals surface area contributed by atoms with Gasteiger partial charge in [0.25, 0.3) is 0 Å². The molecule has 4 nitrogen and oxygen atoms in total. The van der Waals surface area contributed by atoms with Crippen LogP contribution >= 0.6 is 0 Å². The monoisotopic (exact) mass is 300 g/mol. The lowest BCUT2D eigenvalue weighted by Gasteiger charge is -2.16. The van der Waals surface area contributed by atoms with Gasteiger partial charge in [-0.2, -0.15) is 0 Å². The molecule has 0 heterocycles. The van der Waals surface area contributed by atoms with Crippen LogP contribution < -0.4 is 4.74 Å². The number of benzene rings is 2. The highest BCUT2D eigenvalue weighted by Gasteiger charge is 2.20. The molecule has 116 valence electrons. The minimum atomic E-state index is -0.973. The Balaban J connectivity index is 2.09. The second kappa shape index (κ2) is 7.61. The van der Waals surface area contributed by atoms with Gasteiger partial charge >= 0.3 is 5.97 Å². The van der Waals surface area contributed by atoms with Crippen molar-refractivity contribution in [2.24, 2.45) is 0 Å². The average molecular weight is 300 g/mol. The number of carbonyl (C=O) groups is 1. The van der Waals surface area contributed by atoms with Gasteiger partial charge in [-0.25, -0.2) is 4.79 Å². The summed E-state index contributed by atoms with van der Waals surface area (Å²) in [5, 5.41) is 9.38. The number of hydrogen-bond acceptors (Lipinski definition) is 3. The van der Waals surface area contributed by atoms with Crippen LogP contribution in [0, 0.1) is 6.92 Å². The van der Waals surface area contributed by atoms with Gasteiger partial charge in [-0.1, -0.05) is 48.0 Å². The van der Waals surface area contributed by atoms with Crippen molar-refractivity contribution in [1.82, 2.24) is 0 Å². The fraction of sp³-hybridized carbons (Fsp3) is 0.278. The normalized spacial score (nSPS) is 11.9. The lowest BCUT2D eigenvalue weighted by molar-refractivity contribution is -0.151. The van der Waals surface area contributed by atoms with Crippen LogP contribution in [0.5, 0.6) is 5.75 Å². The maximum absolute atomic E-state index is 11.4. The molecule has 0 aliphatic carbocycles. The first-order valence-corrected chi connectivity index (χ1v) is 7.12. The lowest BCUT2D eigenvalue weighted by Crippen LogP contribution is -2.26. The number of methoxy groups -OCH3 is 1. The molecule has 0 spiro atoms. The highest BCUT2D eigenvalue weighted by atomic mass is 16.5. The Bertz CT molecular complexity index is 622. The standard InChI is InChI=1S/C18H20O4/c1-13-8-9-16(21-2)15(10-13)11-17(18(19)20)22-12-14-6-4-3-5-7-14/h3-10,17H,11-12H2,1-2H3,(H,19,20)/t17-/m0/s1. The Kier molecular flexibility index (Phi) is 5.55. The molecule has 22 heavy (non-hydrogen) atoms. The largest absolute Gasteiger partial charge is 0.496 e. The number of aliphatic carboxylic acids is 1. The number of aryl methyl sites for hydroxylation is 1. The van der Waals surface area contributed by atoms with Crippen molar-refractivity contribution in [3.63, 3.8) is 0 Å². The highest BCUT2D eigenvalue weighted by Crippen LogP contribution is 2.22. The van der Waals surface area contributed by atoms with Gasteiger partial charge in [0.2, 0.25) is 0 Å². The van der Waals surface area contributed by atoms with E-state index in [1.165, 1.54) is 0 Å². The molecule has 0 unspecified atom stereocenters. The molecule has 0 saturated heterocycles. The number of hydrogen-bond donors (Lipinski definition) is 1. The number of carboxylic acids is 1. The van der Waals surface area contributed by atoms with Crippen LogP contribution in [0.2, 0.25) is 0 Å². The molecule has 1 N–H and O–H groups in total. The summed E-state index contributed by atoms with van der Waals surface area (Å²) < 4.78 is 10.9. The van der Waals surface area contributed by atoms with E-state index in [9.17, 15) is 9.90 Å². The molecule has 2 rings (SSSR count). The second-order valence-electron chi connectivity index (χ2n) is 5.14. The summed E-state index contributed by atoms with van der Waals surface area (Å²) in [6.45, 7) is 2.23. The summed E-state index contributed by atoms with van der Waals surface area (Å²) in [6.07, 6.45) is -0.636. The molecule has 0 aliphatic rings. The minimum Gasteiger partial charge on any atom is -0.496 e. The maximum Gasteiger partial charge on any atom is 0.333 e. The molecule has 0 saturated carbocycles. The average Bonchev–Trinajstić information content (AvgIpc) is 2.52. The van der Waals surface area contributed by atoms with Crippen LogP contribution in [0.3, 0.4) is 0 Å². The molecule has 0 amide bonds. The van der Waals surface area contributed by atoms with Gasteiger partial charge < -0.3 is 14.6 Å². The van der Waals surface area contributed by atoms with Gasteiger partial charge in [0.15, 0.2) is 6.10 Å². The molecule has 2 aromatic rings. The van der Waals surface area contributed by atoms with Crippen molar-refractivity contribution in [2.75, 3.05) is 7.11 Å². The van der Waals surface area contributed by atoms with Gasteiger partial charge in [-0.3, -0.25) is 0 Å². The first-order chi connectivity index (χ1) is 10.6. The van der Waals surface area contributed by atoms with E-state index in [1.54, 1.807) is 7.11 Å². The van der Waals surface area contributed by atoms with Crippen molar-refractivity contribution in [3.05, 3.63) is 65.2 Å². The molecular weight excluding hydrogens is 280 g/mol. The fourth-order valence-corrected chi connectivity index (χ4v) is 2.26. The first kappa shape index (κ1) is 16.0. The summed E-state index contributed by atoms with van der Waals surface area (Å²) in [5.41, 5.74) is 2.84. The maximum atomic E-state index is 11.4. The van der Waals surface area contributed by atoms with Crippen molar-refractivity contribution in [1.29, 1.82) is 0 Å². The van der Waals surface area contributed by atoms with E-state index in [-0.39, 0.29) is 13.0 Å². The molecule has 0 aromatic heterocycles. The van der Waals surface area contributed by atoms with Crippen LogP contribution in [0.15, 0.2) is 48.5 Å². The molecule has 2 aromatic carbocycles. The van der Waals surface area contributed by atoms with Gasteiger partial charge in [-0.05, 0) is 24.1 Å². The van der Waals surface area contributed by atoms with Crippen molar-refractivity contribution in [3.8, 4) is 5.75 Å². The smallest absolute Gasteiger partial charge is 0.333 e. The van der Waals surface area contributed by atoms with Gasteiger partial charge in [0.1, 0.15) is 5.75 Å². The van der Waals surface area contributed by atoms with E-state index in [4.69, 9.17) is 9.47 Å². The lowest BCUT2D eigenvalue weighted by atomic mass is 10.0. The molecule has 0 radical (unpaired) electrons. The Labute approximate surface area is 130 Å². The third-order valence-electron chi connectivity index (χ3n) is 3.41. The molecule has 0 bridgehead atoms. The predicted octanol–water partition coefficient (Wildman–Crippen LogP) is 3.22. The minimum absolute atomic E-state index is 0.270. The summed E-state index contributed by atoms with van der Waals surface area (Å²) in [4.78, 5) is 11.4.